The van der Waals surface area contributed by atoms with Crippen LogP contribution in [-0.4, -0.2) is 12.6 Å². The van der Waals surface area contributed by atoms with Gasteiger partial charge in [0.1, 0.15) is 6.54 Å². The fraction of sp³-hybridized carbons (Fsp3) is 0.167. The molecular formula is C18H15NO3. The number of hydrogen-bond donors (Lipinski definition) is 0. The molecule has 0 aliphatic carbocycles. The van der Waals surface area contributed by atoms with Crippen LogP contribution in [0, 0.1) is 16.7 Å². The summed E-state index contributed by atoms with van der Waals surface area (Å²) >= 11 is 0. The third-order valence-corrected chi connectivity index (χ3v) is 2.95. The average molecular weight is 293 g/mol. The lowest BCUT2D eigenvalue weighted by molar-refractivity contribution is 0.0526. The zero-order valence-electron chi connectivity index (χ0n) is 12.2. The normalized spacial score (nSPS) is 9.50. The van der Waals surface area contributed by atoms with Gasteiger partial charge < -0.3 is 4.74 Å². The summed E-state index contributed by atoms with van der Waals surface area (Å²) in [6, 6.07) is 14.3. The van der Waals surface area contributed by atoms with Crippen LogP contribution < -0.4 is 0 Å². The van der Waals surface area contributed by atoms with E-state index in [2.05, 4.69) is 17.0 Å². The largest absolute Gasteiger partial charge is 0.462 e. The number of nitroso groups, excluding NO2 is 1. The van der Waals surface area contributed by atoms with Crippen LogP contribution >= 0.6 is 0 Å². The van der Waals surface area contributed by atoms with Crippen molar-refractivity contribution in [2.24, 2.45) is 5.18 Å². The molecule has 0 bridgehead atoms. The molecule has 0 unspecified atom stereocenters. The molecule has 0 saturated carbocycles. The van der Waals surface area contributed by atoms with Crippen LogP contribution in [0.5, 0.6) is 0 Å². The summed E-state index contributed by atoms with van der Waals surface area (Å²) in [5, 5.41) is 2.84. The first-order chi connectivity index (χ1) is 10.7. The number of benzene rings is 2. The van der Waals surface area contributed by atoms with E-state index < -0.39 is 0 Å². The summed E-state index contributed by atoms with van der Waals surface area (Å²) in [5.74, 6) is 5.72. The molecule has 0 radical (unpaired) electrons. The van der Waals surface area contributed by atoms with Crippen LogP contribution in [0.2, 0.25) is 0 Å². The summed E-state index contributed by atoms with van der Waals surface area (Å²) in [6.07, 6.45) is 0. The van der Waals surface area contributed by atoms with Gasteiger partial charge in [-0.1, -0.05) is 29.2 Å². The smallest absolute Gasteiger partial charge is 0.338 e. The maximum absolute atomic E-state index is 11.5. The molecule has 22 heavy (non-hydrogen) atoms. The summed E-state index contributed by atoms with van der Waals surface area (Å²) in [4.78, 5) is 21.7. The minimum Gasteiger partial charge on any atom is -0.462 e. The van der Waals surface area contributed by atoms with Crippen LogP contribution in [0.15, 0.2) is 53.7 Å². The molecule has 0 atom stereocenters. The molecule has 110 valence electrons. The molecule has 0 spiro atoms. The first kappa shape index (κ1) is 15.5. The predicted molar refractivity (Wildman–Crippen MR) is 84.3 cm³/mol. The van der Waals surface area contributed by atoms with Crippen molar-refractivity contribution in [1.29, 1.82) is 0 Å². The SMILES string of the molecule is CCOC(=O)c1ccc(C#Cc2ccc(CN=O)cc2)cc1. The van der Waals surface area contributed by atoms with Crippen molar-refractivity contribution in [2.45, 2.75) is 13.5 Å². The molecule has 4 heteroatoms. The van der Waals surface area contributed by atoms with Gasteiger partial charge in [0.05, 0.1) is 12.2 Å². The van der Waals surface area contributed by atoms with Crippen LogP contribution in [0.25, 0.3) is 0 Å². The lowest BCUT2D eigenvalue weighted by Crippen LogP contribution is -2.04. The number of ether oxygens (including phenoxy) is 1. The Labute approximate surface area is 129 Å². The molecular weight excluding hydrogens is 278 g/mol. The number of carbonyl (C=O) groups excluding carboxylic acids is 1. The highest BCUT2D eigenvalue weighted by Crippen LogP contribution is 2.07. The molecule has 0 N–H and O–H groups in total. The lowest BCUT2D eigenvalue weighted by atomic mass is 10.1. The Hall–Kier alpha value is -2.93. The second kappa shape index (κ2) is 7.75. The molecule has 0 amide bonds. The van der Waals surface area contributed by atoms with Crippen LogP contribution in [0.3, 0.4) is 0 Å². The van der Waals surface area contributed by atoms with Crippen molar-refractivity contribution in [3.8, 4) is 11.8 Å². The number of carbonyl (C=O) groups is 1. The van der Waals surface area contributed by atoms with E-state index >= 15 is 0 Å². The van der Waals surface area contributed by atoms with Crippen molar-refractivity contribution in [3.05, 3.63) is 75.7 Å². The lowest BCUT2D eigenvalue weighted by Gasteiger charge is -2.00. The van der Waals surface area contributed by atoms with Gasteiger partial charge in [0.25, 0.3) is 0 Å². The second-order valence-corrected chi connectivity index (χ2v) is 4.53. The Balaban J connectivity index is 2.08. The Morgan fingerprint density at radius 3 is 2.05 bits per heavy atom. The van der Waals surface area contributed by atoms with Gasteiger partial charge in [-0.15, -0.1) is 0 Å². The van der Waals surface area contributed by atoms with Crippen molar-refractivity contribution in [2.75, 3.05) is 6.61 Å². The fourth-order valence-electron chi connectivity index (χ4n) is 1.82. The van der Waals surface area contributed by atoms with E-state index in [1.54, 1.807) is 31.2 Å². The highest BCUT2D eigenvalue weighted by molar-refractivity contribution is 5.89. The van der Waals surface area contributed by atoms with Crippen LogP contribution in [-0.2, 0) is 11.3 Å². The van der Waals surface area contributed by atoms with Gasteiger partial charge in [0.15, 0.2) is 0 Å². The summed E-state index contributed by atoms with van der Waals surface area (Å²) in [5.41, 5.74) is 3.04. The summed E-state index contributed by atoms with van der Waals surface area (Å²) in [6.45, 7) is 2.30. The molecule has 2 aromatic rings. The van der Waals surface area contributed by atoms with Gasteiger partial charge in [-0.2, -0.15) is 4.91 Å². The monoisotopic (exact) mass is 293 g/mol. The number of hydrogen-bond acceptors (Lipinski definition) is 4. The summed E-state index contributed by atoms with van der Waals surface area (Å²) < 4.78 is 4.92. The van der Waals surface area contributed by atoms with Gasteiger partial charge in [0, 0.05) is 11.1 Å². The minimum absolute atomic E-state index is 0.170. The molecule has 4 nitrogen and oxygen atoms in total. The van der Waals surface area contributed by atoms with Crippen molar-refractivity contribution in [3.63, 3.8) is 0 Å². The van der Waals surface area contributed by atoms with E-state index in [-0.39, 0.29) is 12.5 Å². The van der Waals surface area contributed by atoms with E-state index in [4.69, 9.17) is 4.74 Å². The van der Waals surface area contributed by atoms with E-state index in [1.807, 2.05) is 24.3 Å². The maximum Gasteiger partial charge on any atom is 0.338 e. The molecule has 2 aromatic carbocycles. The summed E-state index contributed by atoms with van der Waals surface area (Å²) in [7, 11) is 0. The first-order valence-electron chi connectivity index (χ1n) is 6.90. The van der Waals surface area contributed by atoms with Gasteiger partial charge in [0.2, 0.25) is 0 Å². The highest BCUT2D eigenvalue weighted by atomic mass is 16.5. The number of esters is 1. The standard InChI is InChI=1S/C18H15NO3/c1-2-22-18(20)17-11-9-15(10-12-17)4-3-14-5-7-16(8-6-14)13-19-21/h5-12H,2,13H2,1H3. The molecule has 0 heterocycles. The molecule has 0 aliphatic heterocycles. The van der Waals surface area contributed by atoms with E-state index in [0.29, 0.717) is 12.2 Å². The minimum atomic E-state index is -0.332. The van der Waals surface area contributed by atoms with Gasteiger partial charge >= 0.3 is 5.97 Å². The zero-order chi connectivity index (χ0) is 15.8. The Kier molecular flexibility index (Phi) is 5.44. The van der Waals surface area contributed by atoms with Crippen molar-refractivity contribution in [1.82, 2.24) is 0 Å². The Morgan fingerprint density at radius 1 is 1.00 bits per heavy atom. The zero-order valence-corrected chi connectivity index (χ0v) is 12.2. The maximum atomic E-state index is 11.5. The molecule has 0 saturated heterocycles. The number of rotatable bonds is 4. The van der Waals surface area contributed by atoms with Crippen LogP contribution in [0.4, 0.5) is 0 Å². The number of nitrogens with zero attached hydrogens (tertiary/aromatic N) is 1. The topological polar surface area (TPSA) is 55.7 Å². The van der Waals surface area contributed by atoms with Crippen LogP contribution in [0.1, 0.15) is 34.0 Å². The Bertz CT molecular complexity index is 707. The molecule has 0 fully saturated rings. The van der Waals surface area contributed by atoms with E-state index in [1.165, 1.54) is 0 Å². The van der Waals surface area contributed by atoms with Crippen molar-refractivity contribution >= 4 is 5.97 Å². The third-order valence-electron chi connectivity index (χ3n) is 2.95. The fourth-order valence-corrected chi connectivity index (χ4v) is 1.82. The third kappa shape index (κ3) is 4.29. The molecule has 0 aliphatic rings. The molecule has 0 aromatic heterocycles. The van der Waals surface area contributed by atoms with Crippen molar-refractivity contribution < 1.29 is 9.53 Å². The van der Waals surface area contributed by atoms with E-state index in [9.17, 15) is 9.70 Å². The average Bonchev–Trinajstić information content (AvgIpc) is 2.55. The molecule has 2 rings (SSSR count). The van der Waals surface area contributed by atoms with Gasteiger partial charge in [-0.3, -0.25) is 0 Å². The first-order valence-corrected chi connectivity index (χ1v) is 6.90. The predicted octanol–water partition coefficient (Wildman–Crippen LogP) is 3.53. The van der Waals surface area contributed by atoms with Gasteiger partial charge in [-0.25, -0.2) is 4.79 Å². The van der Waals surface area contributed by atoms with E-state index in [0.717, 1.165) is 16.7 Å². The second-order valence-electron chi connectivity index (χ2n) is 4.53. The van der Waals surface area contributed by atoms with Gasteiger partial charge in [-0.05, 0) is 48.9 Å². The Morgan fingerprint density at radius 2 is 1.55 bits per heavy atom. The highest BCUT2D eigenvalue weighted by Gasteiger charge is 2.04. The quantitative estimate of drug-likeness (QED) is 0.492.